The topological polar surface area (TPSA) is 46.9 Å². The van der Waals surface area contributed by atoms with Gasteiger partial charge in [-0.25, -0.2) is 13.8 Å². The molecule has 138 valence electrons. The van der Waals surface area contributed by atoms with Gasteiger partial charge in [0.1, 0.15) is 28.8 Å². The lowest BCUT2D eigenvalue weighted by Gasteiger charge is -2.09. The monoisotopic (exact) mass is 367 g/mol. The van der Waals surface area contributed by atoms with Crippen molar-refractivity contribution in [1.29, 1.82) is 0 Å². The third kappa shape index (κ3) is 3.35. The van der Waals surface area contributed by atoms with Crippen LogP contribution in [0.3, 0.4) is 0 Å². The van der Waals surface area contributed by atoms with Crippen molar-refractivity contribution < 1.29 is 13.6 Å². The van der Waals surface area contributed by atoms with Gasteiger partial charge in [0.05, 0.1) is 5.69 Å². The van der Waals surface area contributed by atoms with Crippen molar-refractivity contribution >= 4 is 11.6 Å². The summed E-state index contributed by atoms with van der Waals surface area (Å²) in [5.74, 6) is -1.49. The SMILES string of the molecule is O=C(Nc1c(F)cccc1F)c1nc(-c2ccccc2)n2c1CCCCC2. The Morgan fingerprint density at radius 1 is 0.963 bits per heavy atom. The number of benzene rings is 2. The highest BCUT2D eigenvalue weighted by Gasteiger charge is 2.25. The fourth-order valence-corrected chi connectivity index (χ4v) is 3.50. The van der Waals surface area contributed by atoms with Crippen LogP contribution in [0.25, 0.3) is 11.4 Å². The first-order chi connectivity index (χ1) is 13.1. The van der Waals surface area contributed by atoms with Gasteiger partial charge in [-0.3, -0.25) is 4.79 Å². The highest BCUT2D eigenvalue weighted by Crippen LogP contribution is 2.28. The van der Waals surface area contributed by atoms with Crippen LogP contribution in [0.15, 0.2) is 48.5 Å². The highest BCUT2D eigenvalue weighted by molar-refractivity contribution is 6.04. The van der Waals surface area contributed by atoms with E-state index in [0.717, 1.165) is 49.2 Å². The molecule has 1 amide bonds. The van der Waals surface area contributed by atoms with E-state index in [1.807, 2.05) is 30.3 Å². The van der Waals surface area contributed by atoms with Gasteiger partial charge in [-0.05, 0) is 31.4 Å². The van der Waals surface area contributed by atoms with Crippen LogP contribution in [0, 0.1) is 11.6 Å². The molecule has 0 radical (unpaired) electrons. The van der Waals surface area contributed by atoms with Crippen molar-refractivity contribution in [2.75, 3.05) is 5.32 Å². The zero-order valence-electron chi connectivity index (χ0n) is 14.7. The molecule has 0 aliphatic carbocycles. The molecule has 1 aliphatic rings. The Bertz CT molecular complexity index is 962. The number of carbonyl (C=O) groups is 1. The molecule has 4 rings (SSSR count). The summed E-state index contributed by atoms with van der Waals surface area (Å²) in [5.41, 5.74) is 1.52. The number of rotatable bonds is 3. The Morgan fingerprint density at radius 2 is 1.70 bits per heavy atom. The summed E-state index contributed by atoms with van der Waals surface area (Å²) < 4.78 is 29.9. The molecule has 2 heterocycles. The van der Waals surface area contributed by atoms with Gasteiger partial charge in [0, 0.05) is 12.1 Å². The van der Waals surface area contributed by atoms with Gasteiger partial charge in [0.15, 0.2) is 0 Å². The van der Waals surface area contributed by atoms with E-state index >= 15 is 0 Å². The van der Waals surface area contributed by atoms with E-state index in [1.165, 1.54) is 6.07 Å². The number of hydrogen-bond acceptors (Lipinski definition) is 2. The fraction of sp³-hybridized carbons (Fsp3) is 0.238. The van der Waals surface area contributed by atoms with Crippen LogP contribution in [0.5, 0.6) is 0 Å². The first-order valence-corrected chi connectivity index (χ1v) is 9.05. The van der Waals surface area contributed by atoms with E-state index in [4.69, 9.17) is 0 Å². The standard InChI is InChI=1S/C21H19F2N3O/c22-15-10-7-11-16(23)18(15)25-21(27)19-17-12-5-2-6-13-26(17)20(24-19)14-8-3-1-4-9-14/h1,3-4,7-11H,2,5-6,12-13H2,(H,25,27). The van der Waals surface area contributed by atoms with Gasteiger partial charge in [-0.1, -0.05) is 42.8 Å². The van der Waals surface area contributed by atoms with Gasteiger partial charge in [0.25, 0.3) is 5.91 Å². The van der Waals surface area contributed by atoms with Crippen LogP contribution in [0.2, 0.25) is 0 Å². The minimum absolute atomic E-state index is 0.235. The maximum Gasteiger partial charge on any atom is 0.276 e. The van der Waals surface area contributed by atoms with Gasteiger partial charge in [0.2, 0.25) is 0 Å². The summed E-state index contributed by atoms with van der Waals surface area (Å²) in [4.78, 5) is 17.4. The Morgan fingerprint density at radius 3 is 2.44 bits per heavy atom. The van der Waals surface area contributed by atoms with Crippen molar-refractivity contribution in [3.05, 3.63) is 71.6 Å². The number of halogens is 2. The molecule has 0 saturated heterocycles. The normalized spacial score (nSPS) is 13.7. The van der Waals surface area contributed by atoms with Gasteiger partial charge in [-0.2, -0.15) is 0 Å². The van der Waals surface area contributed by atoms with Crippen molar-refractivity contribution in [3.8, 4) is 11.4 Å². The van der Waals surface area contributed by atoms with Crippen LogP contribution in [-0.2, 0) is 13.0 Å². The Kier molecular flexibility index (Phi) is 4.71. The zero-order chi connectivity index (χ0) is 18.8. The lowest BCUT2D eigenvalue weighted by atomic mass is 10.1. The van der Waals surface area contributed by atoms with Crippen LogP contribution in [0.4, 0.5) is 14.5 Å². The molecule has 3 aromatic rings. The summed E-state index contributed by atoms with van der Waals surface area (Å²) in [6.07, 6.45) is 3.74. The van der Waals surface area contributed by atoms with Gasteiger partial charge >= 0.3 is 0 Å². The number of nitrogens with zero attached hydrogens (tertiary/aromatic N) is 2. The highest BCUT2D eigenvalue weighted by atomic mass is 19.1. The molecule has 0 saturated carbocycles. The molecule has 4 nitrogen and oxygen atoms in total. The number of anilines is 1. The van der Waals surface area contributed by atoms with Crippen LogP contribution in [-0.4, -0.2) is 15.5 Å². The number of fused-ring (bicyclic) bond motifs is 1. The number of carbonyl (C=O) groups excluding carboxylic acids is 1. The summed E-state index contributed by atoms with van der Waals surface area (Å²) >= 11 is 0. The second kappa shape index (κ2) is 7.31. The van der Waals surface area contributed by atoms with Gasteiger partial charge < -0.3 is 9.88 Å². The van der Waals surface area contributed by atoms with E-state index in [0.29, 0.717) is 12.2 Å². The number of hydrogen-bond donors (Lipinski definition) is 1. The lowest BCUT2D eigenvalue weighted by Crippen LogP contribution is -2.17. The number of para-hydroxylation sites is 1. The molecule has 2 aromatic carbocycles. The second-order valence-electron chi connectivity index (χ2n) is 6.61. The summed E-state index contributed by atoms with van der Waals surface area (Å²) in [7, 11) is 0. The number of imidazole rings is 1. The first-order valence-electron chi connectivity index (χ1n) is 9.05. The minimum Gasteiger partial charge on any atom is -0.327 e. The summed E-state index contributed by atoms with van der Waals surface area (Å²) in [6.45, 7) is 0.772. The third-order valence-electron chi connectivity index (χ3n) is 4.82. The maximum atomic E-state index is 13.9. The Hall–Kier alpha value is -3.02. The lowest BCUT2D eigenvalue weighted by molar-refractivity contribution is 0.102. The molecular formula is C21H19F2N3O. The van der Waals surface area contributed by atoms with E-state index in [1.54, 1.807) is 0 Å². The minimum atomic E-state index is -0.808. The molecule has 0 bridgehead atoms. The molecule has 1 N–H and O–H groups in total. The molecule has 0 atom stereocenters. The quantitative estimate of drug-likeness (QED) is 0.722. The van der Waals surface area contributed by atoms with Crippen LogP contribution in [0.1, 0.15) is 35.4 Å². The van der Waals surface area contributed by atoms with Crippen molar-refractivity contribution in [2.45, 2.75) is 32.2 Å². The number of aromatic nitrogens is 2. The summed E-state index contributed by atoms with van der Waals surface area (Å²) in [5, 5.41) is 2.37. The van der Waals surface area contributed by atoms with Crippen molar-refractivity contribution in [3.63, 3.8) is 0 Å². The number of amides is 1. The van der Waals surface area contributed by atoms with E-state index < -0.39 is 23.2 Å². The molecule has 6 heteroatoms. The second-order valence-corrected chi connectivity index (χ2v) is 6.61. The zero-order valence-corrected chi connectivity index (χ0v) is 14.7. The molecule has 0 spiro atoms. The molecule has 1 aliphatic heterocycles. The molecule has 0 fully saturated rings. The molecule has 27 heavy (non-hydrogen) atoms. The molecule has 1 aromatic heterocycles. The predicted octanol–water partition coefficient (Wildman–Crippen LogP) is 4.81. The van der Waals surface area contributed by atoms with E-state index in [2.05, 4.69) is 14.9 Å². The van der Waals surface area contributed by atoms with Crippen LogP contribution >= 0.6 is 0 Å². The Labute approximate surface area is 155 Å². The smallest absolute Gasteiger partial charge is 0.276 e. The predicted molar refractivity (Wildman–Crippen MR) is 99.5 cm³/mol. The van der Waals surface area contributed by atoms with Crippen LogP contribution < -0.4 is 5.32 Å². The van der Waals surface area contributed by atoms with E-state index in [-0.39, 0.29) is 5.69 Å². The van der Waals surface area contributed by atoms with E-state index in [9.17, 15) is 13.6 Å². The third-order valence-corrected chi connectivity index (χ3v) is 4.82. The number of nitrogens with one attached hydrogen (secondary N) is 1. The first kappa shape index (κ1) is 17.4. The van der Waals surface area contributed by atoms with Crippen molar-refractivity contribution in [2.24, 2.45) is 0 Å². The average molecular weight is 367 g/mol. The van der Waals surface area contributed by atoms with Gasteiger partial charge in [-0.15, -0.1) is 0 Å². The molecular weight excluding hydrogens is 348 g/mol. The maximum absolute atomic E-state index is 13.9. The van der Waals surface area contributed by atoms with Crippen molar-refractivity contribution in [1.82, 2.24) is 9.55 Å². The Balaban J connectivity index is 1.76. The summed E-state index contributed by atoms with van der Waals surface area (Å²) in [6, 6.07) is 13.1. The molecule has 0 unspecified atom stereocenters. The average Bonchev–Trinajstić information content (AvgIpc) is 2.87. The fourth-order valence-electron chi connectivity index (χ4n) is 3.50. The largest absolute Gasteiger partial charge is 0.327 e.